The van der Waals surface area contributed by atoms with Gasteiger partial charge in [0, 0.05) is 0 Å². The fourth-order valence-electron chi connectivity index (χ4n) is 4.90. The minimum Gasteiger partial charge on any atom is -0.855 e. The summed E-state index contributed by atoms with van der Waals surface area (Å²) in [7, 11) is 0. The van der Waals surface area contributed by atoms with E-state index >= 15 is 0 Å². The van der Waals surface area contributed by atoms with Crippen molar-refractivity contribution >= 4 is 40.1 Å². The zero-order chi connectivity index (χ0) is 29.7. The van der Waals surface area contributed by atoms with Gasteiger partial charge in [-0.3, -0.25) is 0 Å². The summed E-state index contributed by atoms with van der Waals surface area (Å²) < 4.78 is 2.33. The monoisotopic (exact) mass is 561 g/mol. The molecule has 0 bridgehead atoms. The first-order valence-corrected chi connectivity index (χ1v) is 14.5. The highest BCUT2D eigenvalue weighted by molar-refractivity contribution is 6.17. The number of para-hydroxylation sites is 6. The van der Waals surface area contributed by atoms with Gasteiger partial charge in [0.1, 0.15) is 34.1 Å². The second-order valence-corrected chi connectivity index (χ2v) is 9.61. The molecule has 0 radical (unpaired) electrons. The van der Waals surface area contributed by atoms with E-state index < -0.39 is 0 Å². The van der Waals surface area contributed by atoms with Gasteiger partial charge >= 0.3 is 5.96 Å². The number of anilines is 4. The van der Waals surface area contributed by atoms with Crippen LogP contribution in [0.4, 0.5) is 34.1 Å². The average Bonchev–Trinajstić information content (AvgIpc) is 3.08. The Morgan fingerprint density at radius 1 is 0.419 bits per heavy atom. The second-order valence-electron chi connectivity index (χ2n) is 9.61. The van der Waals surface area contributed by atoms with E-state index in [1.165, 1.54) is 0 Å². The van der Waals surface area contributed by atoms with E-state index in [1.54, 1.807) is 6.92 Å². The Morgan fingerprint density at radius 3 is 0.860 bits per heavy atom. The Bertz CT molecular complexity index is 1470. The highest BCUT2D eigenvalue weighted by Crippen LogP contribution is 2.35. The van der Waals surface area contributed by atoms with Crippen molar-refractivity contribution in [2.75, 3.05) is 16.4 Å². The Morgan fingerprint density at radius 2 is 0.628 bits per heavy atom. The summed E-state index contributed by atoms with van der Waals surface area (Å²) in [5.41, 5.74) is 6.32. The van der Waals surface area contributed by atoms with Gasteiger partial charge in [-0.05, 0) is 72.8 Å². The van der Waals surface area contributed by atoms with Gasteiger partial charge in [-0.25, -0.2) is 0 Å². The predicted octanol–water partition coefficient (Wildman–Crippen LogP) is 8.92. The molecular formula is C39H35N3O. The molecule has 43 heavy (non-hydrogen) atoms. The van der Waals surface area contributed by atoms with E-state index in [2.05, 4.69) is 196 Å². The van der Waals surface area contributed by atoms with E-state index in [-0.39, 0.29) is 6.61 Å². The summed E-state index contributed by atoms with van der Waals surface area (Å²) in [6.07, 6.45) is 0. The SMILES string of the molecule is CC[O-].c1ccc(N(C(N(c2ccccc2)c2ccccc2)=[N+](c2ccccc2)c2ccccc2)c2ccccc2)cc1. The lowest BCUT2D eigenvalue weighted by molar-refractivity contribution is -0.361. The molecule has 212 valence electrons. The lowest BCUT2D eigenvalue weighted by Gasteiger charge is -2.30. The molecule has 0 atom stereocenters. The van der Waals surface area contributed by atoms with Crippen LogP contribution in [0, 0.1) is 0 Å². The van der Waals surface area contributed by atoms with E-state index in [1.807, 2.05) is 0 Å². The molecule has 0 unspecified atom stereocenters. The smallest absolute Gasteiger partial charge is 0.380 e. The zero-order valence-electron chi connectivity index (χ0n) is 24.3. The quantitative estimate of drug-likeness (QED) is 0.116. The van der Waals surface area contributed by atoms with Gasteiger partial charge in [0.2, 0.25) is 0 Å². The van der Waals surface area contributed by atoms with Crippen LogP contribution < -0.4 is 19.5 Å². The molecule has 0 aliphatic rings. The Labute approximate surface area is 254 Å². The molecule has 4 nitrogen and oxygen atoms in total. The summed E-state index contributed by atoms with van der Waals surface area (Å²) in [5, 5.41) is 8.93. The van der Waals surface area contributed by atoms with Crippen LogP contribution in [-0.4, -0.2) is 12.6 Å². The minimum absolute atomic E-state index is 0. The number of guanidine groups is 1. The second kappa shape index (κ2) is 15.0. The molecular weight excluding hydrogens is 526 g/mol. The standard InChI is InChI=1S/C37H30N3.C2H5O/c1-7-19-31(20-8-1)38(32-21-9-2-10-22-32)37(39(33-23-11-3-12-24-33)34-25-13-4-14-26-34)40(35-27-15-5-16-28-35)36-29-17-6-18-30-36;1-2-3/h1-30H;2H2,1H3/q+1;-1. The summed E-state index contributed by atoms with van der Waals surface area (Å²) >= 11 is 0. The van der Waals surface area contributed by atoms with Gasteiger partial charge in [-0.15, -0.1) is 6.61 Å². The van der Waals surface area contributed by atoms with Crippen LogP contribution in [0.5, 0.6) is 0 Å². The third-order valence-corrected chi connectivity index (χ3v) is 6.69. The van der Waals surface area contributed by atoms with Crippen molar-refractivity contribution in [2.45, 2.75) is 6.92 Å². The summed E-state index contributed by atoms with van der Waals surface area (Å²) in [4.78, 5) is 4.67. The molecule has 0 aromatic heterocycles. The van der Waals surface area contributed by atoms with Gasteiger partial charge < -0.3 is 5.11 Å². The number of rotatable bonds is 6. The molecule has 6 aromatic carbocycles. The molecule has 0 saturated heterocycles. The molecule has 0 aliphatic heterocycles. The molecule has 0 heterocycles. The van der Waals surface area contributed by atoms with Crippen LogP contribution in [0.2, 0.25) is 0 Å². The third kappa shape index (κ3) is 7.07. The number of nitrogens with zero attached hydrogens (tertiary/aromatic N) is 3. The maximum Gasteiger partial charge on any atom is 0.380 e. The fraction of sp³-hybridized carbons (Fsp3) is 0.0513. The first-order valence-electron chi connectivity index (χ1n) is 14.5. The van der Waals surface area contributed by atoms with Crippen molar-refractivity contribution in [3.05, 3.63) is 182 Å². The van der Waals surface area contributed by atoms with Gasteiger partial charge in [0.05, 0.1) is 0 Å². The van der Waals surface area contributed by atoms with Crippen LogP contribution in [0.3, 0.4) is 0 Å². The van der Waals surface area contributed by atoms with Crippen molar-refractivity contribution in [3.63, 3.8) is 0 Å². The van der Waals surface area contributed by atoms with Crippen molar-refractivity contribution in [1.82, 2.24) is 4.58 Å². The lowest BCUT2D eigenvalue weighted by atomic mass is 10.2. The highest BCUT2D eigenvalue weighted by atomic mass is 16.2. The molecule has 4 heteroatoms. The molecule has 0 amide bonds. The number of hydrogen-bond acceptors (Lipinski definition) is 1. The average molecular weight is 562 g/mol. The molecule has 0 spiro atoms. The van der Waals surface area contributed by atoms with Crippen molar-refractivity contribution < 1.29 is 5.11 Å². The highest BCUT2D eigenvalue weighted by Gasteiger charge is 2.36. The first-order chi connectivity index (χ1) is 21.3. The molecule has 0 N–H and O–H groups in total. The Kier molecular flexibility index (Phi) is 10.1. The van der Waals surface area contributed by atoms with E-state index in [0.29, 0.717) is 0 Å². The number of hydrogen-bond donors (Lipinski definition) is 0. The van der Waals surface area contributed by atoms with Crippen LogP contribution >= 0.6 is 0 Å². The molecule has 6 aromatic rings. The number of benzene rings is 6. The third-order valence-electron chi connectivity index (χ3n) is 6.69. The Hall–Kier alpha value is -5.45. The van der Waals surface area contributed by atoms with Crippen LogP contribution in [0.15, 0.2) is 182 Å². The predicted molar refractivity (Wildman–Crippen MR) is 180 cm³/mol. The Balaban J connectivity index is 0.00000118. The maximum atomic E-state index is 8.93. The summed E-state index contributed by atoms with van der Waals surface area (Å²) in [6, 6.07) is 63.4. The first kappa shape index (κ1) is 29.1. The van der Waals surface area contributed by atoms with E-state index in [0.717, 1.165) is 40.1 Å². The van der Waals surface area contributed by atoms with Crippen molar-refractivity contribution in [2.24, 2.45) is 0 Å². The fourth-order valence-corrected chi connectivity index (χ4v) is 4.90. The molecule has 6 rings (SSSR count). The van der Waals surface area contributed by atoms with Crippen LogP contribution in [0.25, 0.3) is 0 Å². The van der Waals surface area contributed by atoms with E-state index in [9.17, 15) is 0 Å². The lowest BCUT2D eigenvalue weighted by Crippen LogP contribution is -2.45. The van der Waals surface area contributed by atoms with Gasteiger partial charge in [-0.2, -0.15) is 14.4 Å². The molecule has 0 fully saturated rings. The van der Waals surface area contributed by atoms with Crippen LogP contribution in [0.1, 0.15) is 6.92 Å². The van der Waals surface area contributed by atoms with Crippen molar-refractivity contribution in [1.29, 1.82) is 0 Å². The van der Waals surface area contributed by atoms with Gasteiger partial charge in [0.15, 0.2) is 0 Å². The topological polar surface area (TPSA) is 32.5 Å². The zero-order valence-corrected chi connectivity index (χ0v) is 24.3. The normalized spacial score (nSPS) is 10.2. The summed E-state index contributed by atoms with van der Waals surface area (Å²) in [5.74, 6) is 0.951. The molecule has 0 aliphatic carbocycles. The maximum absolute atomic E-state index is 8.93. The van der Waals surface area contributed by atoms with Crippen molar-refractivity contribution in [3.8, 4) is 0 Å². The van der Waals surface area contributed by atoms with Gasteiger partial charge in [-0.1, -0.05) is 116 Å². The summed E-state index contributed by atoms with van der Waals surface area (Å²) in [6.45, 7) is 1.57. The van der Waals surface area contributed by atoms with Gasteiger partial charge in [0.25, 0.3) is 0 Å². The van der Waals surface area contributed by atoms with E-state index in [4.69, 9.17) is 5.11 Å². The largest absolute Gasteiger partial charge is 0.855 e. The van der Waals surface area contributed by atoms with Crippen LogP contribution in [-0.2, 0) is 0 Å². The minimum atomic E-state index is 0. The molecule has 0 saturated carbocycles.